The SMILES string of the molecule is CC(C)(C)OC(=O)[C@]1(Cc2ccccc2)C[C@H](C(N)=O)[C@H](c2nccs2)N1. The Labute approximate surface area is 163 Å². The van der Waals surface area contributed by atoms with E-state index in [-0.39, 0.29) is 12.4 Å². The minimum Gasteiger partial charge on any atom is -0.459 e. The summed E-state index contributed by atoms with van der Waals surface area (Å²) in [6.45, 7) is 5.50. The highest BCUT2D eigenvalue weighted by Crippen LogP contribution is 2.41. The normalized spacial score (nSPS) is 25.3. The van der Waals surface area contributed by atoms with E-state index in [1.54, 1.807) is 6.20 Å². The third-order valence-electron chi connectivity index (χ3n) is 4.62. The molecule has 1 saturated heterocycles. The quantitative estimate of drug-likeness (QED) is 0.769. The number of nitrogens with zero attached hydrogens (tertiary/aromatic N) is 1. The van der Waals surface area contributed by atoms with Crippen LogP contribution in [0.4, 0.5) is 0 Å². The van der Waals surface area contributed by atoms with Gasteiger partial charge in [-0.1, -0.05) is 30.3 Å². The Morgan fingerprint density at radius 2 is 2.04 bits per heavy atom. The molecule has 144 valence electrons. The second kappa shape index (κ2) is 7.40. The Bertz CT molecular complexity index is 802. The summed E-state index contributed by atoms with van der Waals surface area (Å²) in [6, 6.07) is 9.30. The Morgan fingerprint density at radius 3 is 2.59 bits per heavy atom. The number of hydrogen-bond acceptors (Lipinski definition) is 6. The molecule has 2 aromatic rings. The fourth-order valence-corrected chi connectivity index (χ4v) is 4.25. The first kappa shape index (κ1) is 19.5. The van der Waals surface area contributed by atoms with Gasteiger partial charge >= 0.3 is 5.97 Å². The number of aromatic nitrogens is 1. The summed E-state index contributed by atoms with van der Waals surface area (Å²) in [5.41, 5.74) is 4.99. The number of thiazole rings is 1. The van der Waals surface area contributed by atoms with E-state index >= 15 is 0 Å². The fourth-order valence-electron chi connectivity index (χ4n) is 3.49. The van der Waals surface area contributed by atoms with Gasteiger partial charge in [-0.05, 0) is 32.8 Å². The van der Waals surface area contributed by atoms with Crippen molar-refractivity contribution in [3.05, 3.63) is 52.5 Å². The van der Waals surface area contributed by atoms with Crippen LogP contribution in [-0.2, 0) is 20.7 Å². The maximum absolute atomic E-state index is 13.2. The van der Waals surface area contributed by atoms with Crippen molar-refractivity contribution < 1.29 is 14.3 Å². The molecule has 3 atom stereocenters. The zero-order valence-electron chi connectivity index (χ0n) is 15.8. The van der Waals surface area contributed by atoms with Crippen LogP contribution >= 0.6 is 11.3 Å². The average molecular weight is 388 g/mol. The molecule has 0 bridgehead atoms. The van der Waals surface area contributed by atoms with Gasteiger partial charge in [0, 0.05) is 18.0 Å². The predicted molar refractivity (Wildman–Crippen MR) is 104 cm³/mol. The Kier molecular flexibility index (Phi) is 5.35. The molecular weight excluding hydrogens is 362 g/mol. The molecule has 1 aromatic heterocycles. The second-order valence-corrected chi connectivity index (χ2v) is 8.88. The van der Waals surface area contributed by atoms with Crippen molar-refractivity contribution in [1.82, 2.24) is 10.3 Å². The lowest BCUT2D eigenvalue weighted by Gasteiger charge is -2.32. The molecule has 1 aliphatic rings. The number of ether oxygens (including phenoxy) is 1. The summed E-state index contributed by atoms with van der Waals surface area (Å²) in [5, 5.41) is 5.98. The largest absolute Gasteiger partial charge is 0.459 e. The molecule has 0 radical (unpaired) electrons. The molecule has 1 aromatic carbocycles. The van der Waals surface area contributed by atoms with Crippen LogP contribution in [-0.4, -0.2) is 28.0 Å². The summed E-state index contributed by atoms with van der Waals surface area (Å²) < 4.78 is 5.72. The van der Waals surface area contributed by atoms with Gasteiger partial charge < -0.3 is 10.5 Å². The van der Waals surface area contributed by atoms with Crippen molar-refractivity contribution in [3.63, 3.8) is 0 Å². The van der Waals surface area contributed by atoms with Crippen LogP contribution in [0, 0.1) is 5.92 Å². The lowest BCUT2D eigenvalue weighted by molar-refractivity contribution is -0.162. The van der Waals surface area contributed by atoms with Crippen LogP contribution in [0.1, 0.15) is 43.8 Å². The van der Waals surface area contributed by atoms with E-state index in [0.29, 0.717) is 6.42 Å². The van der Waals surface area contributed by atoms with Gasteiger partial charge in [0.15, 0.2) is 0 Å². The Balaban J connectivity index is 1.99. The number of rotatable bonds is 5. The molecule has 6 nitrogen and oxygen atoms in total. The van der Waals surface area contributed by atoms with Crippen molar-refractivity contribution in [1.29, 1.82) is 0 Å². The van der Waals surface area contributed by atoms with E-state index in [4.69, 9.17) is 10.5 Å². The molecular formula is C20H25N3O3S. The molecule has 0 saturated carbocycles. The van der Waals surface area contributed by atoms with Crippen molar-refractivity contribution in [2.24, 2.45) is 11.7 Å². The lowest BCUT2D eigenvalue weighted by Crippen LogP contribution is -2.52. The monoisotopic (exact) mass is 387 g/mol. The van der Waals surface area contributed by atoms with Crippen LogP contribution in [0.5, 0.6) is 0 Å². The standard InChI is InChI=1S/C20H25N3O3S/c1-19(2,3)26-18(25)20(11-13-7-5-4-6-8-13)12-14(16(21)24)15(23-20)17-22-9-10-27-17/h4-10,14-15,23H,11-12H2,1-3H3,(H2,21,24)/t14-,15+,20-/m0/s1. The molecule has 2 heterocycles. The van der Waals surface area contributed by atoms with E-state index in [1.807, 2.05) is 56.5 Å². The molecule has 3 N–H and O–H groups in total. The van der Waals surface area contributed by atoms with Crippen LogP contribution in [0.2, 0.25) is 0 Å². The van der Waals surface area contributed by atoms with E-state index in [1.165, 1.54) is 11.3 Å². The number of carbonyl (C=O) groups excluding carboxylic acids is 2. The van der Waals surface area contributed by atoms with Crippen LogP contribution in [0.25, 0.3) is 0 Å². The van der Waals surface area contributed by atoms with Gasteiger partial charge in [0.25, 0.3) is 0 Å². The van der Waals surface area contributed by atoms with Crippen molar-refractivity contribution >= 4 is 23.2 Å². The number of amides is 1. The smallest absolute Gasteiger partial charge is 0.327 e. The number of hydrogen-bond donors (Lipinski definition) is 2. The zero-order chi connectivity index (χ0) is 19.7. The van der Waals surface area contributed by atoms with Crippen molar-refractivity contribution in [3.8, 4) is 0 Å². The zero-order valence-corrected chi connectivity index (χ0v) is 16.6. The average Bonchev–Trinajstić information content (AvgIpc) is 3.22. The number of esters is 1. The first-order valence-corrected chi connectivity index (χ1v) is 9.82. The topological polar surface area (TPSA) is 94.3 Å². The van der Waals surface area contributed by atoms with Gasteiger partial charge in [-0.2, -0.15) is 0 Å². The van der Waals surface area contributed by atoms with Crippen LogP contribution in [0.15, 0.2) is 41.9 Å². The third-order valence-corrected chi connectivity index (χ3v) is 5.48. The van der Waals surface area contributed by atoms with Gasteiger partial charge in [0.05, 0.1) is 12.0 Å². The first-order chi connectivity index (χ1) is 12.7. The number of carbonyl (C=O) groups is 2. The van der Waals surface area contributed by atoms with E-state index in [9.17, 15) is 9.59 Å². The van der Waals surface area contributed by atoms with E-state index < -0.39 is 29.0 Å². The number of benzene rings is 1. The Hall–Kier alpha value is -2.25. The maximum Gasteiger partial charge on any atom is 0.327 e. The molecule has 1 aliphatic heterocycles. The van der Waals surface area contributed by atoms with Gasteiger partial charge in [-0.25, -0.2) is 4.98 Å². The molecule has 1 amide bonds. The maximum atomic E-state index is 13.2. The lowest BCUT2D eigenvalue weighted by atomic mass is 9.85. The number of primary amides is 1. The molecule has 27 heavy (non-hydrogen) atoms. The molecule has 3 rings (SSSR count). The number of nitrogens with one attached hydrogen (secondary N) is 1. The first-order valence-electron chi connectivity index (χ1n) is 8.94. The molecule has 0 unspecified atom stereocenters. The van der Waals surface area contributed by atoms with Crippen LogP contribution in [0.3, 0.4) is 0 Å². The van der Waals surface area contributed by atoms with Crippen molar-refractivity contribution in [2.75, 3.05) is 0 Å². The summed E-state index contributed by atoms with van der Waals surface area (Å²) in [6.07, 6.45) is 2.37. The molecule has 7 heteroatoms. The van der Waals surface area contributed by atoms with Gasteiger partial charge in [-0.15, -0.1) is 11.3 Å². The second-order valence-electron chi connectivity index (χ2n) is 7.95. The summed E-state index contributed by atoms with van der Waals surface area (Å²) in [7, 11) is 0. The highest BCUT2D eigenvalue weighted by molar-refractivity contribution is 7.09. The Morgan fingerprint density at radius 1 is 1.33 bits per heavy atom. The molecule has 0 spiro atoms. The van der Waals surface area contributed by atoms with Gasteiger partial charge in [0.2, 0.25) is 5.91 Å². The molecule has 1 fully saturated rings. The highest BCUT2D eigenvalue weighted by Gasteiger charge is 2.54. The predicted octanol–water partition coefficient (Wildman–Crippen LogP) is 2.60. The summed E-state index contributed by atoms with van der Waals surface area (Å²) >= 11 is 1.44. The van der Waals surface area contributed by atoms with Gasteiger partial charge in [-0.3, -0.25) is 14.9 Å². The minimum absolute atomic E-state index is 0.274. The highest BCUT2D eigenvalue weighted by atomic mass is 32.1. The summed E-state index contributed by atoms with van der Waals surface area (Å²) in [5.74, 6) is -1.35. The third kappa shape index (κ3) is 4.36. The summed E-state index contributed by atoms with van der Waals surface area (Å²) in [4.78, 5) is 29.7. The van der Waals surface area contributed by atoms with Crippen LogP contribution < -0.4 is 11.1 Å². The van der Waals surface area contributed by atoms with Gasteiger partial charge in [0.1, 0.15) is 16.1 Å². The number of nitrogens with two attached hydrogens (primary N) is 1. The minimum atomic E-state index is -1.04. The van der Waals surface area contributed by atoms with E-state index in [0.717, 1.165) is 10.6 Å². The van der Waals surface area contributed by atoms with Crippen molar-refractivity contribution in [2.45, 2.75) is 50.8 Å². The van der Waals surface area contributed by atoms with E-state index in [2.05, 4.69) is 10.3 Å². The molecule has 0 aliphatic carbocycles. The fraction of sp³-hybridized carbons (Fsp3) is 0.450.